The number of fused-ring (bicyclic) bond motifs is 12. The molecule has 0 atom stereocenters. The number of rotatable bonds is 13. The second kappa shape index (κ2) is 29.3. The number of imidazole rings is 2. The van der Waals surface area contributed by atoms with E-state index >= 15 is 0 Å². The normalized spacial score (nSPS) is 12.7. The molecule has 15 aromatic rings. The zero-order valence-corrected chi connectivity index (χ0v) is 67.8. The molecule has 107 heavy (non-hydrogen) atoms. The number of nitrogens with zero attached hydrogens (tertiary/aromatic N) is 10. The maximum absolute atomic E-state index is 6.66. The van der Waals surface area contributed by atoms with Crippen molar-refractivity contribution in [2.45, 2.75) is 131 Å². The predicted octanol–water partition coefficient (Wildman–Crippen LogP) is 21.0. The van der Waals surface area contributed by atoms with Crippen LogP contribution in [0, 0.1) is 24.3 Å². The fraction of sp³-hybridized carbons (Fsp3) is 0.231. The minimum Gasteiger partial charge on any atom is -0.503 e. The van der Waals surface area contributed by atoms with Gasteiger partial charge in [-0.15, -0.1) is 47.2 Å². The van der Waals surface area contributed by atoms with Gasteiger partial charge in [-0.2, -0.15) is 12.1 Å². The summed E-state index contributed by atoms with van der Waals surface area (Å²) in [7, 11) is 2.17. The standard InChI is InChI=1S/C48H44BN5O.C43H42BN5O.2Pt/c1-31(2)37-17-13-18-38(32(3)4)46(37)49-52-27-26-51-47(52)41-29-35(21-23-43(41)54(49)34-14-9-8-10-15-34)55-36-20-22-40-39-16-11-12-19-42(39)53(44(40)30-36)45-28-33(24-25-50-45)48(5,6)7;1-27(2)32-13-11-14-33(28(3)4)41(32)44-47(8)37-19-17-30(25-36(37)42-46-22-23-48(42)44)50-31-16-18-35-34-12-9-10-15-38(34)49(39(35)26-31)40-24-29(20-21-45-40)43(5,6)7;;/h8-28,31-32H,1-7H3;9-24,27-28H,1-8H3;;/q2*-2;2*+2. The maximum Gasteiger partial charge on any atom is 2.00 e. The van der Waals surface area contributed by atoms with E-state index in [1.54, 1.807) is 0 Å². The van der Waals surface area contributed by atoms with Gasteiger partial charge >= 0.3 is 56.1 Å². The van der Waals surface area contributed by atoms with Crippen molar-refractivity contribution < 1.29 is 51.6 Å². The Bertz CT molecular complexity index is 5770. The SMILES string of the molecule is CC(C)c1cccc(C(C)C)c1B1N(C)c2ccc(Oc3[c-]c4c(cc3)c3ccccc3n4-c3cc(C(C)(C)C)ccn3)[c-]c2-c2nccn21.CC(C)c1cccc(C(C)C)c1B1N(c2ccccc2)c2ccc(Oc3[c-]c4c(cc3)c3ccccc3n4-c3cc(C(C)(C)C)ccn3)[c-]c2-c2nccn21.[Pt+2].[Pt+2]. The van der Waals surface area contributed by atoms with Crippen molar-refractivity contribution in [1.29, 1.82) is 0 Å². The van der Waals surface area contributed by atoms with Crippen molar-refractivity contribution in [3.05, 3.63) is 283 Å². The Kier molecular flexibility index (Phi) is 20.2. The zero-order chi connectivity index (χ0) is 72.9. The summed E-state index contributed by atoms with van der Waals surface area (Å²) in [6, 6.07) is 80.7. The van der Waals surface area contributed by atoms with Crippen LogP contribution in [0.3, 0.4) is 0 Å². The Morgan fingerprint density at radius 2 is 0.776 bits per heavy atom. The van der Waals surface area contributed by atoms with Gasteiger partial charge < -0.3 is 37.2 Å². The van der Waals surface area contributed by atoms with Gasteiger partial charge in [-0.3, -0.25) is 9.97 Å². The summed E-state index contributed by atoms with van der Waals surface area (Å²) in [6.07, 6.45) is 11.8. The van der Waals surface area contributed by atoms with E-state index in [1.165, 1.54) is 44.3 Å². The largest absolute Gasteiger partial charge is 2.00 e. The molecule has 8 heterocycles. The minimum absolute atomic E-state index is 0. The molecule has 0 aliphatic carbocycles. The third kappa shape index (κ3) is 13.4. The molecule has 0 radical (unpaired) electrons. The van der Waals surface area contributed by atoms with Crippen LogP contribution >= 0.6 is 0 Å². The molecular weight excluding hydrogens is 1680 g/mol. The second-order valence-corrected chi connectivity index (χ2v) is 31.2. The molecule has 0 spiro atoms. The van der Waals surface area contributed by atoms with Crippen molar-refractivity contribution in [3.63, 3.8) is 0 Å². The number of ether oxygens (including phenoxy) is 2. The summed E-state index contributed by atoms with van der Waals surface area (Å²) < 4.78 is 22.2. The molecule has 538 valence electrons. The molecule has 12 nitrogen and oxygen atoms in total. The van der Waals surface area contributed by atoms with Gasteiger partial charge in [-0.25, -0.2) is 9.97 Å². The van der Waals surface area contributed by atoms with Crippen molar-refractivity contribution in [3.8, 4) is 57.4 Å². The zero-order valence-electron chi connectivity index (χ0n) is 63.2. The van der Waals surface area contributed by atoms with Crippen LogP contribution in [0.4, 0.5) is 17.1 Å². The maximum atomic E-state index is 6.66. The first kappa shape index (κ1) is 73.9. The summed E-state index contributed by atoms with van der Waals surface area (Å²) in [5, 5.41) is 4.49. The number of aromatic nitrogens is 8. The van der Waals surface area contributed by atoms with Crippen molar-refractivity contribution in [2.75, 3.05) is 16.7 Å². The third-order valence-corrected chi connectivity index (χ3v) is 21.0. The van der Waals surface area contributed by atoms with E-state index in [4.69, 9.17) is 29.4 Å². The van der Waals surface area contributed by atoms with E-state index in [2.05, 4.69) is 332 Å². The van der Waals surface area contributed by atoms with Gasteiger partial charge in [0.2, 0.25) is 0 Å². The number of pyridine rings is 2. The van der Waals surface area contributed by atoms with Gasteiger partial charge in [-0.05, 0) is 151 Å². The smallest absolute Gasteiger partial charge is 0.503 e. The summed E-state index contributed by atoms with van der Waals surface area (Å²) in [5.74, 6) is 7.33. The summed E-state index contributed by atoms with van der Waals surface area (Å²) >= 11 is 0. The monoisotopic (exact) mass is 1760 g/mol. The molecule has 6 aromatic heterocycles. The number of para-hydroxylation sites is 3. The summed E-state index contributed by atoms with van der Waals surface area (Å²) in [6.45, 7) is 31.4. The van der Waals surface area contributed by atoms with Gasteiger partial charge in [0, 0.05) is 88.5 Å². The van der Waals surface area contributed by atoms with Crippen LogP contribution in [0.25, 0.3) is 78.0 Å². The molecule has 17 rings (SSSR count). The van der Waals surface area contributed by atoms with Crippen LogP contribution in [-0.4, -0.2) is 59.0 Å². The molecule has 16 heteroatoms. The molecule has 9 aromatic carbocycles. The third-order valence-electron chi connectivity index (χ3n) is 21.0. The number of anilines is 3. The van der Waals surface area contributed by atoms with Gasteiger partial charge in [0.1, 0.15) is 11.6 Å². The summed E-state index contributed by atoms with van der Waals surface area (Å²) in [4.78, 5) is 24.3. The first-order chi connectivity index (χ1) is 50.6. The van der Waals surface area contributed by atoms with Gasteiger partial charge in [0.05, 0.1) is 0 Å². The molecule has 0 unspecified atom stereocenters. The molecule has 0 N–H and O–H groups in total. The van der Waals surface area contributed by atoms with Crippen LogP contribution in [0.15, 0.2) is 225 Å². The Morgan fingerprint density at radius 1 is 0.383 bits per heavy atom. The quantitative estimate of drug-likeness (QED) is 0.0832. The van der Waals surface area contributed by atoms with Crippen molar-refractivity contribution in [1.82, 2.24) is 38.0 Å². The molecule has 0 fully saturated rings. The fourth-order valence-electron chi connectivity index (χ4n) is 15.7. The molecule has 0 saturated carbocycles. The molecular formula is C91H86B2N10O2Pt2. The van der Waals surface area contributed by atoms with Crippen molar-refractivity contribution >= 4 is 85.6 Å². The van der Waals surface area contributed by atoms with Crippen LogP contribution < -0.4 is 30.0 Å². The van der Waals surface area contributed by atoms with E-state index in [0.717, 1.165) is 95.1 Å². The van der Waals surface area contributed by atoms with Gasteiger partial charge in [0.25, 0.3) is 0 Å². The molecule has 0 amide bonds. The van der Waals surface area contributed by atoms with Crippen LogP contribution in [0.5, 0.6) is 23.0 Å². The van der Waals surface area contributed by atoms with Gasteiger partial charge in [-0.1, -0.05) is 240 Å². The van der Waals surface area contributed by atoms with Crippen molar-refractivity contribution in [2.24, 2.45) is 0 Å². The average molecular weight is 1760 g/mol. The molecule has 2 aliphatic rings. The number of hydrogen-bond acceptors (Lipinski definition) is 8. The first-order valence-electron chi connectivity index (χ1n) is 36.8. The Labute approximate surface area is 658 Å². The van der Waals surface area contributed by atoms with E-state index in [-0.39, 0.29) is 66.9 Å². The van der Waals surface area contributed by atoms with Crippen LogP contribution in [0.1, 0.15) is 154 Å². The second-order valence-electron chi connectivity index (χ2n) is 31.2. The first-order valence-corrected chi connectivity index (χ1v) is 36.8. The Morgan fingerprint density at radius 3 is 1.22 bits per heavy atom. The molecule has 0 saturated heterocycles. The van der Waals surface area contributed by atoms with E-state index < -0.39 is 0 Å². The number of benzene rings is 9. The molecule has 0 bridgehead atoms. The fourth-order valence-corrected chi connectivity index (χ4v) is 15.7. The molecule has 2 aliphatic heterocycles. The van der Waals surface area contributed by atoms with E-state index in [1.807, 2.05) is 49.1 Å². The van der Waals surface area contributed by atoms with Crippen LogP contribution in [-0.2, 0) is 53.0 Å². The van der Waals surface area contributed by atoms with Crippen LogP contribution in [0.2, 0.25) is 0 Å². The number of hydrogen-bond donors (Lipinski definition) is 0. The Balaban J connectivity index is 0.000000177. The Hall–Kier alpha value is -9.99. The van der Waals surface area contributed by atoms with Gasteiger partial charge in [0.15, 0.2) is 0 Å². The van der Waals surface area contributed by atoms with E-state index in [0.29, 0.717) is 46.7 Å². The topological polar surface area (TPSA) is 96.2 Å². The summed E-state index contributed by atoms with van der Waals surface area (Å²) in [5.41, 5.74) is 19.5. The van der Waals surface area contributed by atoms with E-state index in [9.17, 15) is 0 Å². The minimum atomic E-state index is -0.147. The average Bonchev–Trinajstić information content (AvgIpc) is 1.73. The predicted molar refractivity (Wildman–Crippen MR) is 433 cm³/mol.